The van der Waals surface area contributed by atoms with Gasteiger partial charge in [0.05, 0.1) is 11.6 Å². The van der Waals surface area contributed by atoms with Crippen molar-refractivity contribution < 1.29 is 14.3 Å². The molecule has 1 rings (SSSR count). The average molecular weight is 304 g/mol. The molecule has 0 spiro atoms. The molecule has 0 aromatic carbocycles. The monoisotopic (exact) mass is 303 g/mol. The lowest BCUT2D eigenvalue weighted by Crippen LogP contribution is -2.13. The molecule has 3 nitrogen and oxygen atoms in total. The Kier molecular flexibility index (Phi) is 5.55. The van der Waals surface area contributed by atoms with Crippen LogP contribution in [0.25, 0.3) is 0 Å². The zero-order valence-electron chi connectivity index (χ0n) is 9.62. The van der Waals surface area contributed by atoms with Crippen molar-refractivity contribution in [2.75, 3.05) is 0 Å². The molecule has 1 aromatic rings. The summed E-state index contributed by atoms with van der Waals surface area (Å²) < 4.78 is 13.1. The zero-order valence-corrected chi connectivity index (χ0v) is 11.2. The molecular formula is C12H15BrFNO2. The fourth-order valence-corrected chi connectivity index (χ4v) is 1.96. The fraction of sp³-hybridized carbons (Fsp3) is 0.500. The van der Waals surface area contributed by atoms with Crippen molar-refractivity contribution >= 4 is 21.9 Å². The Morgan fingerprint density at radius 1 is 1.53 bits per heavy atom. The van der Waals surface area contributed by atoms with Crippen molar-refractivity contribution in [3.63, 3.8) is 0 Å². The molecule has 0 aliphatic carbocycles. The SMILES string of the molecule is CCCCCC(C(=O)O)c1ccc(F)c(Br)n1. The van der Waals surface area contributed by atoms with E-state index in [1.54, 1.807) is 0 Å². The Balaban J connectivity index is 2.82. The van der Waals surface area contributed by atoms with E-state index < -0.39 is 17.7 Å². The second-order valence-corrected chi connectivity index (χ2v) is 4.65. The van der Waals surface area contributed by atoms with E-state index in [1.165, 1.54) is 12.1 Å². The Morgan fingerprint density at radius 3 is 2.76 bits per heavy atom. The zero-order chi connectivity index (χ0) is 12.8. The van der Waals surface area contributed by atoms with Gasteiger partial charge >= 0.3 is 5.97 Å². The van der Waals surface area contributed by atoms with Crippen LogP contribution in [0.5, 0.6) is 0 Å². The average Bonchev–Trinajstić information content (AvgIpc) is 2.28. The Morgan fingerprint density at radius 2 is 2.24 bits per heavy atom. The van der Waals surface area contributed by atoms with Crippen LogP contribution in [0.15, 0.2) is 16.7 Å². The third kappa shape index (κ3) is 4.07. The summed E-state index contributed by atoms with van der Waals surface area (Å²) in [6.07, 6.45) is 3.40. The molecule has 0 saturated heterocycles. The summed E-state index contributed by atoms with van der Waals surface area (Å²) >= 11 is 2.97. The van der Waals surface area contributed by atoms with Crippen molar-refractivity contribution in [3.05, 3.63) is 28.2 Å². The van der Waals surface area contributed by atoms with Crippen LogP contribution >= 0.6 is 15.9 Å². The van der Waals surface area contributed by atoms with E-state index in [9.17, 15) is 9.18 Å². The van der Waals surface area contributed by atoms with E-state index in [-0.39, 0.29) is 4.60 Å². The highest BCUT2D eigenvalue weighted by atomic mass is 79.9. The number of pyridine rings is 1. The molecule has 5 heteroatoms. The third-order valence-corrected chi connectivity index (χ3v) is 3.13. The number of halogens is 2. The Labute approximate surface area is 108 Å². The number of aliphatic carboxylic acids is 1. The number of aromatic nitrogens is 1. The first-order valence-electron chi connectivity index (χ1n) is 5.61. The molecule has 94 valence electrons. The second kappa shape index (κ2) is 6.69. The molecule has 1 atom stereocenters. The van der Waals surface area contributed by atoms with E-state index in [2.05, 4.69) is 27.8 Å². The minimum absolute atomic E-state index is 0.0664. The first-order valence-corrected chi connectivity index (χ1v) is 6.40. The van der Waals surface area contributed by atoms with Crippen LogP contribution < -0.4 is 0 Å². The molecular weight excluding hydrogens is 289 g/mol. The molecule has 0 bridgehead atoms. The van der Waals surface area contributed by atoms with Crippen molar-refractivity contribution in [1.82, 2.24) is 4.98 Å². The minimum atomic E-state index is -0.910. The van der Waals surface area contributed by atoms with Crippen molar-refractivity contribution in [1.29, 1.82) is 0 Å². The van der Waals surface area contributed by atoms with E-state index in [0.717, 1.165) is 19.3 Å². The molecule has 0 aliphatic heterocycles. The predicted molar refractivity (Wildman–Crippen MR) is 66.4 cm³/mol. The lowest BCUT2D eigenvalue weighted by atomic mass is 9.97. The molecule has 1 heterocycles. The maximum atomic E-state index is 13.0. The van der Waals surface area contributed by atoms with Crippen LogP contribution in [-0.4, -0.2) is 16.1 Å². The summed E-state index contributed by atoms with van der Waals surface area (Å²) in [5.41, 5.74) is 0.405. The molecule has 0 aliphatic rings. The summed E-state index contributed by atoms with van der Waals surface area (Å²) in [7, 11) is 0. The predicted octanol–water partition coefficient (Wildman–Crippen LogP) is 3.73. The number of carboxylic acid groups (broad SMARTS) is 1. The highest BCUT2D eigenvalue weighted by Crippen LogP contribution is 2.24. The van der Waals surface area contributed by atoms with E-state index in [0.29, 0.717) is 12.1 Å². The first kappa shape index (κ1) is 14.1. The summed E-state index contributed by atoms with van der Waals surface area (Å²) in [5.74, 6) is -2.04. The highest BCUT2D eigenvalue weighted by molar-refractivity contribution is 9.10. The molecule has 1 unspecified atom stereocenters. The van der Waals surface area contributed by atoms with Gasteiger partial charge in [-0.1, -0.05) is 26.2 Å². The topological polar surface area (TPSA) is 50.2 Å². The van der Waals surface area contributed by atoms with Crippen molar-refractivity contribution in [2.24, 2.45) is 0 Å². The molecule has 0 saturated carbocycles. The van der Waals surface area contributed by atoms with Crippen LogP contribution in [0.2, 0.25) is 0 Å². The van der Waals surface area contributed by atoms with Crippen LogP contribution in [0.3, 0.4) is 0 Å². The number of carbonyl (C=O) groups is 1. The van der Waals surface area contributed by atoms with Gasteiger partial charge in [0, 0.05) is 0 Å². The molecule has 1 aromatic heterocycles. The Bertz CT molecular complexity index is 398. The summed E-state index contributed by atoms with van der Waals surface area (Å²) in [6, 6.07) is 2.67. The van der Waals surface area contributed by atoms with Gasteiger partial charge in [-0.15, -0.1) is 0 Å². The molecule has 1 N–H and O–H groups in total. The number of hydrogen-bond donors (Lipinski definition) is 1. The molecule has 0 amide bonds. The fourth-order valence-electron chi connectivity index (χ4n) is 1.62. The van der Waals surface area contributed by atoms with Gasteiger partial charge in [-0.25, -0.2) is 9.37 Å². The molecule has 17 heavy (non-hydrogen) atoms. The minimum Gasteiger partial charge on any atom is -0.481 e. The van der Waals surface area contributed by atoms with Gasteiger partial charge in [-0.05, 0) is 34.5 Å². The number of nitrogens with zero attached hydrogens (tertiary/aromatic N) is 1. The number of hydrogen-bond acceptors (Lipinski definition) is 2. The maximum Gasteiger partial charge on any atom is 0.312 e. The second-order valence-electron chi connectivity index (χ2n) is 3.90. The van der Waals surface area contributed by atoms with Gasteiger partial charge in [0.25, 0.3) is 0 Å². The van der Waals surface area contributed by atoms with Gasteiger partial charge in [-0.2, -0.15) is 0 Å². The van der Waals surface area contributed by atoms with Gasteiger partial charge < -0.3 is 5.11 Å². The largest absolute Gasteiger partial charge is 0.481 e. The van der Waals surface area contributed by atoms with E-state index >= 15 is 0 Å². The Hall–Kier alpha value is -0.970. The number of unbranched alkanes of at least 4 members (excludes halogenated alkanes) is 2. The standard InChI is InChI=1S/C12H15BrFNO2/c1-2-3-4-5-8(12(16)17)10-7-6-9(14)11(13)15-10/h6-8H,2-5H2,1H3,(H,16,17). The highest BCUT2D eigenvalue weighted by Gasteiger charge is 2.21. The van der Waals surface area contributed by atoms with Crippen molar-refractivity contribution in [2.45, 2.75) is 38.5 Å². The van der Waals surface area contributed by atoms with Crippen LogP contribution in [0, 0.1) is 5.82 Å². The summed E-state index contributed by atoms with van der Waals surface area (Å²) in [6.45, 7) is 2.06. The van der Waals surface area contributed by atoms with E-state index in [4.69, 9.17) is 5.11 Å². The first-order chi connectivity index (χ1) is 8.06. The molecule has 0 radical (unpaired) electrons. The summed E-state index contributed by atoms with van der Waals surface area (Å²) in [4.78, 5) is 15.1. The lowest BCUT2D eigenvalue weighted by molar-refractivity contribution is -0.139. The van der Waals surface area contributed by atoms with Gasteiger partial charge in [0.15, 0.2) is 5.82 Å². The quantitative estimate of drug-likeness (QED) is 0.643. The van der Waals surface area contributed by atoms with Gasteiger partial charge in [0.1, 0.15) is 4.60 Å². The summed E-state index contributed by atoms with van der Waals surface area (Å²) in [5, 5.41) is 9.14. The van der Waals surface area contributed by atoms with Crippen LogP contribution in [0.4, 0.5) is 4.39 Å². The number of carboxylic acids is 1. The lowest BCUT2D eigenvalue weighted by Gasteiger charge is -2.11. The van der Waals surface area contributed by atoms with Crippen LogP contribution in [-0.2, 0) is 4.79 Å². The van der Waals surface area contributed by atoms with Gasteiger partial charge in [0.2, 0.25) is 0 Å². The smallest absolute Gasteiger partial charge is 0.312 e. The number of rotatable bonds is 6. The van der Waals surface area contributed by atoms with Crippen molar-refractivity contribution in [3.8, 4) is 0 Å². The maximum absolute atomic E-state index is 13.0. The normalized spacial score (nSPS) is 12.4. The van der Waals surface area contributed by atoms with E-state index in [1.807, 2.05) is 0 Å². The van der Waals surface area contributed by atoms with Crippen LogP contribution in [0.1, 0.15) is 44.2 Å². The van der Waals surface area contributed by atoms with Gasteiger partial charge in [-0.3, -0.25) is 4.79 Å². The third-order valence-electron chi connectivity index (χ3n) is 2.58. The molecule has 0 fully saturated rings.